The Morgan fingerprint density at radius 3 is 2.71 bits per heavy atom. The van der Waals surface area contributed by atoms with Gasteiger partial charge in [0.25, 0.3) is 0 Å². The van der Waals surface area contributed by atoms with Gasteiger partial charge in [0.1, 0.15) is 24.6 Å². The number of hydrogen-bond acceptors (Lipinski definition) is 8. The second-order valence-corrected chi connectivity index (χ2v) is 12.2. The van der Waals surface area contributed by atoms with Gasteiger partial charge in [-0.15, -0.1) is 0 Å². The van der Waals surface area contributed by atoms with Gasteiger partial charge in [-0.3, -0.25) is 9.69 Å². The molecule has 1 aromatic heterocycles. The molecule has 4 heterocycles. The zero-order valence-corrected chi connectivity index (χ0v) is 25.9. The zero-order valence-electron chi connectivity index (χ0n) is 25.9. The van der Waals surface area contributed by atoms with E-state index >= 15 is 0 Å². The quantitative estimate of drug-likeness (QED) is 0.306. The molecule has 1 N–H and O–H groups in total. The molecular formula is C34H40FN7O3. The summed E-state index contributed by atoms with van der Waals surface area (Å²) in [6, 6.07) is 12.7. The molecule has 2 fully saturated rings. The number of carbonyl (C=O) groups is 1. The fourth-order valence-electron chi connectivity index (χ4n) is 6.92. The van der Waals surface area contributed by atoms with Gasteiger partial charge in [-0.1, -0.05) is 36.4 Å². The fraction of sp³-hybridized carbons (Fsp3) is 0.471. The van der Waals surface area contributed by atoms with Crippen molar-refractivity contribution < 1.29 is 19.0 Å². The first-order valence-corrected chi connectivity index (χ1v) is 15.6. The van der Waals surface area contributed by atoms with Gasteiger partial charge in [-0.2, -0.15) is 9.97 Å². The number of aromatic nitrogens is 2. The molecule has 6 rings (SSSR count). The maximum atomic E-state index is 14.1. The van der Waals surface area contributed by atoms with E-state index in [0.717, 1.165) is 30.0 Å². The summed E-state index contributed by atoms with van der Waals surface area (Å²) in [6.45, 7) is 13.1. The molecule has 0 aliphatic carbocycles. The largest absolute Gasteiger partial charge is 0.462 e. The van der Waals surface area contributed by atoms with E-state index in [0.29, 0.717) is 45.8 Å². The van der Waals surface area contributed by atoms with Gasteiger partial charge in [-0.05, 0) is 43.8 Å². The standard InChI is InChI=1S/C34H40FN7O3/c1-23-7-4-8-24-9-5-10-30(32(23)24)40-13-12-28-29(21-40)37-34(45-22-26-17-25(35)19-39(26)3)38-33(28)41-14-15-42(27(20-41)18-36-2)31(44)11-6-16-43/h4-11,25-27,43H,12-22H2,1,3H3/b11-6+/t25-,26-,27+/m1/s1. The number of aryl methyl sites for hydroxylation is 1. The Kier molecular flexibility index (Phi) is 9.14. The van der Waals surface area contributed by atoms with Crippen LogP contribution in [0.2, 0.25) is 0 Å². The highest BCUT2D eigenvalue weighted by Crippen LogP contribution is 2.36. The molecule has 3 aliphatic heterocycles. The lowest BCUT2D eigenvalue weighted by Crippen LogP contribution is -2.56. The van der Waals surface area contributed by atoms with Gasteiger partial charge in [0.2, 0.25) is 12.5 Å². The van der Waals surface area contributed by atoms with Crippen molar-refractivity contribution in [1.29, 1.82) is 0 Å². The first-order chi connectivity index (χ1) is 21.9. The number of aliphatic hydroxyl groups excluding tert-OH is 1. The minimum absolute atomic E-state index is 0.0529. The summed E-state index contributed by atoms with van der Waals surface area (Å²) >= 11 is 0. The monoisotopic (exact) mass is 613 g/mol. The van der Waals surface area contributed by atoms with Gasteiger partial charge in [0.15, 0.2) is 0 Å². The summed E-state index contributed by atoms with van der Waals surface area (Å²) in [6.07, 6.45) is 3.07. The van der Waals surface area contributed by atoms with Crippen molar-refractivity contribution in [3.05, 3.63) is 76.8 Å². The molecule has 236 valence electrons. The van der Waals surface area contributed by atoms with Crippen LogP contribution in [0.15, 0.2) is 48.6 Å². The lowest BCUT2D eigenvalue weighted by molar-refractivity contribution is -0.128. The average molecular weight is 614 g/mol. The van der Waals surface area contributed by atoms with Crippen LogP contribution >= 0.6 is 0 Å². The number of ether oxygens (including phenoxy) is 1. The van der Waals surface area contributed by atoms with Gasteiger partial charge in [-0.25, -0.2) is 11.0 Å². The summed E-state index contributed by atoms with van der Waals surface area (Å²) in [5.41, 5.74) is 4.33. The molecule has 11 heteroatoms. The molecule has 0 saturated carbocycles. The number of piperazine rings is 1. The summed E-state index contributed by atoms with van der Waals surface area (Å²) < 4.78 is 20.3. The van der Waals surface area contributed by atoms with Crippen molar-refractivity contribution in [3.63, 3.8) is 0 Å². The Morgan fingerprint density at radius 1 is 1.13 bits per heavy atom. The van der Waals surface area contributed by atoms with Crippen molar-refractivity contribution in [2.24, 2.45) is 0 Å². The predicted molar refractivity (Wildman–Crippen MR) is 172 cm³/mol. The van der Waals surface area contributed by atoms with E-state index < -0.39 is 6.17 Å². The van der Waals surface area contributed by atoms with Crippen LogP contribution in [0.4, 0.5) is 15.9 Å². The first-order valence-electron chi connectivity index (χ1n) is 15.6. The molecule has 1 amide bonds. The summed E-state index contributed by atoms with van der Waals surface area (Å²) in [7, 11) is 1.91. The van der Waals surface area contributed by atoms with Crippen molar-refractivity contribution in [1.82, 2.24) is 19.8 Å². The van der Waals surface area contributed by atoms with Crippen molar-refractivity contribution in [2.45, 2.75) is 44.6 Å². The van der Waals surface area contributed by atoms with Crippen LogP contribution in [0.3, 0.4) is 0 Å². The number of halogens is 1. The third-order valence-corrected chi connectivity index (χ3v) is 9.23. The van der Waals surface area contributed by atoms with Gasteiger partial charge >= 0.3 is 6.01 Å². The Balaban J connectivity index is 1.32. The Bertz CT molecular complexity index is 1620. The highest BCUT2D eigenvalue weighted by Gasteiger charge is 2.35. The minimum atomic E-state index is -0.869. The van der Waals surface area contributed by atoms with E-state index in [1.165, 1.54) is 34.2 Å². The van der Waals surface area contributed by atoms with Crippen molar-refractivity contribution in [2.75, 3.05) is 69.3 Å². The number of anilines is 2. The number of alkyl halides is 1. The summed E-state index contributed by atoms with van der Waals surface area (Å²) in [4.78, 5) is 34.5. The van der Waals surface area contributed by atoms with E-state index in [9.17, 15) is 9.18 Å². The van der Waals surface area contributed by atoms with Gasteiger partial charge in [0.05, 0.1) is 18.8 Å². The molecule has 2 aromatic carbocycles. The maximum absolute atomic E-state index is 14.1. The number of rotatable bonds is 8. The fourth-order valence-corrected chi connectivity index (χ4v) is 6.92. The molecule has 3 atom stereocenters. The van der Waals surface area contributed by atoms with E-state index in [2.05, 4.69) is 58.0 Å². The van der Waals surface area contributed by atoms with Crippen LogP contribution in [0.5, 0.6) is 6.01 Å². The normalized spacial score (nSPS) is 22.2. The molecule has 10 nitrogen and oxygen atoms in total. The van der Waals surface area contributed by atoms with Gasteiger partial charge < -0.3 is 29.4 Å². The Labute approximate surface area is 263 Å². The molecule has 45 heavy (non-hydrogen) atoms. The molecular weight excluding hydrogens is 573 g/mol. The minimum Gasteiger partial charge on any atom is -0.462 e. The number of nitrogens with zero attached hydrogens (tertiary/aromatic N) is 7. The Morgan fingerprint density at radius 2 is 1.96 bits per heavy atom. The molecule has 3 aliphatic rings. The predicted octanol–water partition coefficient (Wildman–Crippen LogP) is 3.41. The zero-order chi connectivity index (χ0) is 31.5. The van der Waals surface area contributed by atoms with Crippen LogP contribution in [0.1, 0.15) is 23.2 Å². The van der Waals surface area contributed by atoms with Gasteiger partial charge in [0, 0.05) is 61.5 Å². The van der Waals surface area contributed by atoms with E-state index in [1.54, 1.807) is 4.90 Å². The number of likely N-dealkylation sites (N-methyl/N-ethyl adjacent to an activating group) is 1. The lowest BCUT2D eigenvalue weighted by atomic mass is 9.99. The second kappa shape index (κ2) is 13.4. The molecule has 2 saturated heterocycles. The smallest absolute Gasteiger partial charge is 0.318 e. The summed E-state index contributed by atoms with van der Waals surface area (Å²) in [5.74, 6) is 0.568. The third-order valence-electron chi connectivity index (χ3n) is 9.23. The SMILES string of the molecule is [C-]#[N+]C[C@H]1CN(c2nc(OC[C@H]3C[C@@H](F)CN3C)nc3c2CCN(c2cccc4cccc(C)c24)C3)CCN1C(=O)/C=C/CO. The van der Waals surface area contributed by atoms with Crippen molar-refractivity contribution in [3.8, 4) is 6.01 Å². The number of benzene rings is 2. The molecule has 0 unspecified atom stereocenters. The number of likely N-dealkylation sites (tertiary alicyclic amines) is 1. The lowest BCUT2D eigenvalue weighted by Gasteiger charge is -2.41. The van der Waals surface area contributed by atoms with Crippen LogP contribution in [0, 0.1) is 13.5 Å². The second-order valence-electron chi connectivity index (χ2n) is 12.2. The molecule has 3 aromatic rings. The number of aliphatic hydroxyl groups is 1. The van der Waals surface area contributed by atoms with Crippen LogP contribution < -0.4 is 14.5 Å². The topological polar surface area (TPSA) is 89.6 Å². The third kappa shape index (κ3) is 6.44. The molecule has 0 bridgehead atoms. The van der Waals surface area contributed by atoms with Crippen LogP contribution in [-0.4, -0.2) is 109 Å². The molecule has 0 radical (unpaired) electrons. The van der Waals surface area contributed by atoms with E-state index in [-0.39, 0.29) is 37.2 Å². The number of amides is 1. The summed E-state index contributed by atoms with van der Waals surface area (Å²) in [5, 5.41) is 11.6. The highest BCUT2D eigenvalue weighted by molar-refractivity contribution is 5.97. The van der Waals surface area contributed by atoms with E-state index in [4.69, 9.17) is 26.4 Å². The average Bonchev–Trinajstić information content (AvgIpc) is 3.38. The molecule has 0 spiro atoms. The number of fused-ring (bicyclic) bond motifs is 2. The van der Waals surface area contributed by atoms with Crippen molar-refractivity contribution >= 4 is 28.2 Å². The van der Waals surface area contributed by atoms with Crippen LogP contribution in [-0.2, 0) is 17.8 Å². The van der Waals surface area contributed by atoms with Crippen LogP contribution in [0.25, 0.3) is 15.6 Å². The highest BCUT2D eigenvalue weighted by atomic mass is 19.1. The first kappa shape index (κ1) is 30.7. The van der Waals surface area contributed by atoms with E-state index in [1.807, 2.05) is 11.9 Å². The number of carbonyl (C=O) groups excluding carboxylic acids is 1. The number of hydrogen-bond donors (Lipinski definition) is 1. The Hall–Kier alpha value is -4.27. The maximum Gasteiger partial charge on any atom is 0.318 e.